The van der Waals surface area contributed by atoms with Crippen LogP contribution in [0, 0.1) is 24.0 Å². The highest BCUT2D eigenvalue weighted by molar-refractivity contribution is 7.07. The summed E-state index contributed by atoms with van der Waals surface area (Å²) in [6.45, 7) is 4.39. The SMILES string of the molecule is Cc1cc(C)c([N+](=O)[O-])cc1NCc1ccsc1. The van der Waals surface area contributed by atoms with E-state index < -0.39 is 0 Å². The quantitative estimate of drug-likeness (QED) is 0.672. The summed E-state index contributed by atoms with van der Waals surface area (Å²) in [6.07, 6.45) is 0. The smallest absolute Gasteiger partial charge is 0.274 e. The van der Waals surface area contributed by atoms with Crippen molar-refractivity contribution in [3.8, 4) is 0 Å². The second-order valence-electron chi connectivity index (χ2n) is 4.20. The lowest BCUT2D eigenvalue weighted by Gasteiger charge is -2.10. The van der Waals surface area contributed by atoms with E-state index in [4.69, 9.17) is 0 Å². The molecule has 0 aliphatic heterocycles. The Bertz CT molecular complexity index is 565. The number of aryl methyl sites for hydroxylation is 2. The molecule has 0 amide bonds. The molecule has 2 aromatic rings. The molecular weight excluding hydrogens is 248 g/mol. The highest BCUT2D eigenvalue weighted by Gasteiger charge is 2.13. The molecule has 94 valence electrons. The minimum Gasteiger partial charge on any atom is -0.381 e. The maximum absolute atomic E-state index is 10.9. The van der Waals surface area contributed by atoms with E-state index >= 15 is 0 Å². The van der Waals surface area contributed by atoms with E-state index in [-0.39, 0.29) is 10.6 Å². The van der Waals surface area contributed by atoms with Crippen LogP contribution in [0.15, 0.2) is 29.0 Å². The second-order valence-corrected chi connectivity index (χ2v) is 4.98. The van der Waals surface area contributed by atoms with Crippen LogP contribution in [0.3, 0.4) is 0 Å². The van der Waals surface area contributed by atoms with Gasteiger partial charge in [0.05, 0.1) is 4.92 Å². The molecule has 0 unspecified atom stereocenters. The van der Waals surface area contributed by atoms with Crippen molar-refractivity contribution in [2.24, 2.45) is 0 Å². The van der Waals surface area contributed by atoms with Crippen molar-refractivity contribution in [1.82, 2.24) is 0 Å². The zero-order valence-corrected chi connectivity index (χ0v) is 11.1. The van der Waals surface area contributed by atoms with E-state index in [0.717, 1.165) is 11.3 Å². The Morgan fingerprint density at radius 1 is 1.33 bits per heavy atom. The lowest BCUT2D eigenvalue weighted by Crippen LogP contribution is -2.02. The van der Waals surface area contributed by atoms with E-state index in [1.165, 1.54) is 5.56 Å². The average molecular weight is 262 g/mol. The number of thiophene rings is 1. The minimum absolute atomic E-state index is 0.161. The number of benzene rings is 1. The summed E-state index contributed by atoms with van der Waals surface area (Å²) in [7, 11) is 0. The zero-order valence-electron chi connectivity index (χ0n) is 10.3. The zero-order chi connectivity index (χ0) is 13.1. The van der Waals surface area contributed by atoms with E-state index in [1.54, 1.807) is 24.3 Å². The normalized spacial score (nSPS) is 10.3. The number of nitro groups is 1. The Balaban J connectivity index is 2.22. The van der Waals surface area contributed by atoms with E-state index in [1.807, 2.05) is 24.4 Å². The van der Waals surface area contributed by atoms with Gasteiger partial charge in [0.2, 0.25) is 0 Å². The fourth-order valence-corrected chi connectivity index (χ4v) is 2.49. The molecule has 0 bridgehead atoms. The maximum Gasteiger partial charge on any atom is 0.274 e. The molecule has 0 spiro atoms. The van der Waals surface area contributed by atoms with Crippen molar-refractivity contribution in [2.75, 3.05) is 5.32 Å². The predicted octanol–water partition coefficient (Wildman–Crippen LogP) is 3.89. The summed E-state index contributed by atoms with van der Waals surface area (Å²) in [5, 5.41) is 18.2. The van der Waals surface area contributed by atoms with Gasteiger partial charge in [0.25, 0.3) is 5.69 Å². The van der Waals surface area contributed by atoms with E-state index in [2.05, 4.69) is 10.7 Å². The van der Waals surface area contributed by atoms with Gasteiger partial charge in [-0.15, -0.1) is 0 Å². The molecule has 5 heteroatoms. The van der Waals surface area contributed by atoms with Crippen LogP contribution >= 0.6 is 11.3 Å². The summed E-state index contributed by atoms with van der Waals surface area (Å²) >= 11 is 1.64. The van der Waals surface area contributed by atoms with Crippen molar-refractivity contribution >= 4 is 22.7 Å². The highest BCUT2D eigenvalue weighted by Crippen LogP contribution is 2.26. The summed E-state index contributed by atoms with van der Waals surface area (Å²) in [5.41, 5.74) is 3.88. The average Bonchev–Trinajstić information content (AvgIpc) is 2.80. The van der Waals surface area contributed by atoms with Gasteiger partial charge in [0.15, 0.2) is 0 Å². The molecule has 0 radical (unpaired) electrons. The molecule has 1 aromatic carbocycles. The van der Waals surface area contributed by atoms with Crippen molar-refractivity contribution in [2.45, 2.75) is 20.4 Å². The molecule has 4 nitrogen and oxygen atoms in total. The summed E-state index contributed by atoms with van der Waals surface area (Å²) in [5.74, 6) is 0. The van der Waals surface area contributed by atoms with E-state index in [9.17, 15) is 10.1 Å². The molecule has 0 saturated carbocycles. The van der Waals surface area contributed by atoms with Crippen LogP contribution in [0.1, 0.15) is 16.7 Å². The first-order chi connectivity index (χ1) is 8.58. The van der Waals surface area contributed by atoms with Gasteiger partial charge in [-0.05, 0) is 47.9 Å². The Labute approximate surface area is 109 Å². The van der Waals surface area contributed by atoms with Crippen LogP contribution in [0.5, 0.6) is 0 Å². The molecule has 0 saturated heterocycles. The van der Waals surface area contributed by atoms with Gasteiger partial charge in [-0.25, -0.2) is 0 Å². The number of nitro benzene ring substituents is 1. The van der Waals surface area contributed by atoms with Gasteiger partial charge in [-0.2, -0.15) is 11.3 Å². The van der Waals surface area contributed by atoms with Gasteiger partial charge in [0.1, 0.15) is 0 Å². The third-order valence-electron chi connectivity index (χ3n) is 2.80. The van der Waals surface area contributed by atoms with Crippen molar-refractivity contribution in [3.63, 3.8) is 0 Å². The third kappa shape index (κ3) is 2.68. The van der Waals surface area contributed by atoms with Crippen LogP contribution in [0.4, 0.5) is 11.4 Å². The number of hydrogen-bond acceptors (Lipinski definition) is 4. The van der Waals surface area contributed by atoms with Crippen molar-refractivity contribution < 1.29 is 4.92 Å². The molecule has 18 heavy (non-hydrogen) atoms. The molecule has 0 aliphatic rings. The Morgan fingerprint density at radius 3 is 2.72 bits per heavy atom. The molecule has 0 fully saturated rings. The fourth-order valence-electron chi connectivity index (χ4n) is 1.82. The Morgan fingerprint density at radius 2 is 2.11 bits per heavy atom. The van der Waals surface area contributed by atoms with Gasteiger partial charge in [-0.3, -0.25) is 10.1 Å². The number of anilines is 1. The topological polar surface area (TPSA) is 55.2 Å². The lowest BCUT2D eigenvalue weighted by molar-refractivity contribution is -0.385. The highest BCUT2D eigenvalue weighted by atomic mass is 32.1. The van der Waals surface area contributed by atoms with Gasteiger partial charge >= 0.3 is 0 Å². The first-order valence-corrected chi connectivity index (χ1v) is 6.53. The van der Waals surface area contributed by atoms with Crippen LogP contribution in [-0.4, -0.2) is 4.92 Å². The predicted molar refractivity (Wildman–Crippen MR) is 74.2 cm³/mol. The van der Waals surface area contributed by atoms with Crippen LogP contribution in [0.25, 0.3) is 0 Å². The summed E-state index contributed by atoms with van der Waals surface area (Å²) in [4.78, 5) is 10.6. The monoisotopic (exact) mass is 262 g/mol. The third-order valence-corrected chi connectivity index (χ3v) is 3.53. The standard InChI is InChI=1S/C13H14N2O2S/c1-9-5-10(2)13(15(16)17)6-12(9)14-7-11-3-4-18-8-11/h3-6,8,14H,7H2,1-2H3. The van der Waals surface area contributed by atoms with Crippen molar-refractivity contribution in [3.05, 3.63) is 55.8 Å². The number of rotatable bonds is 4. The molecule has 0 atom stereocenters. The number of nitrogens with one attached hydrogen (secondary N) is 1. The first-order valence-electron chi connectivity index (χ1n) is 5.58. The Kier molecular flexibility index (Phi) is 3.62. The lowest BCUT2D eigenvalue weighted by atomic mass is 10.1. The molecule has 1 N–H and O–H groups in total. The summed E-state index contributed by atoms with van der Waals surface area (Å²) < 4.78 is 0. The van der Waals surface area contributed by atoms with Crippen LogP contribution in [0.2, 0.25) is 0 Å². The van der Waals surface area contributed by atoms with Crippen LogP contribution < -0.4 is 5.32 Å². The molecule has 1 heterocycles. The maximum atomic E-state index is 10.9. The minimum atomic E-state index is -0.343. The molecular formula is C13H14N2O2S. The molecule has 0 aliphatic carbocycles. The second kappa shape index (κ2) is 5.18. The number of nitrogens with zero attached hydrogens (tertiary/aromatic N) is 1. The summed E-state index contributed by atoms with van der Waals surface area (Å²) in [6, 6.07) is 5.49. The first kappa shape index (κ1) is 12.6. The van der Waals surface area contributed by atoms with Crippen molar-refractivity contribution in [1.29, 1.82) is 0 Å². The number of hydrogen-bond donors (Lipinski definition) is 1. The van der Waals surface area contributed by atoms with Gasteiger partial charge < -0.3 is 5.32 Å². The van der Waals surface area contributed by atoms with Crippen LogP contribution in [-0.2, 0) is 6.54 Å². The van der Waals surface area contributed by atoms with Gasteiger partial charge in [0, 0.05) is 23.9 Å². The fraction of sp³-hybridized carbons (Fsp3) is 0.231. The Hall–Kier alpha value is -1.88. The van der Waals surface area contributed by atoms with E-state index in [0.29, 0.717) is 12.1 Å². The molecule has 2 rings (SSSR count). The van der Waals surface area contributed by atoms with Gasteiger partial charge in [-0.1, -0.05) is 0 Å². The molecule has 1 aromatic heterocycles. The largest absolute Gasteiger partial charge is 0.381 e.